The Kier molecular flexibility index (Phi) is 5.02. The summed E-state index contributed by atoms with van der Waals surface area (Å²) in [6.07, 6.45) is 11.4. The Bertz CT molecular complexity index is 1040. The Morgan fingerprint density at radius 1 is 1.21 bits per heavy atom. The topological polar surface area (TPSA) is 77.9 Å². The molecule has 0 saturated heterocycles. The molecule has 4 rings (SSSR count). The summed E-state index contributed by atoms with van der Waals surface area (Å²) in [5.41, 5.74) is 4.99. The lowest BCUT2D eigenvalue weighted by molar-refractivity contribution is 0.518. The molecule has 3 aromatic rings. The Morgan fingerprint density at radius 2 is 2.00 bits per heavy atom. The zero-order valence-electron chi connectivity index (χ0n) is 15.5. The van der Waals surface area contributed by atoms with E-state index in [2.05, 4.69) is 10.3 Å². The molecule has 3 N–H and O–H groups in total. The molecule has 2 aromatic heterocycles. The number of aromatic nitrogens is 3. The average molecular weight is 387 g/mol. The van der Waals surface area contributed by atoms with Crippen LogP contribution in [0.2, 0.25) is 0 Å². The van der Waals surface area contributed by atoms with Gasteiger partial charge in [-0.1, -0.05) is 12.8 Å². The van der Waals surface area contributed by atoms with Crippen molar-refractivity contribution in [2.24, 2.45) is 0 Å². The highest BCUT2D eigenvalue weighted by molar-refractivity contribution is 5.94. The molecule has 0 spiro atoms. The molecule has 0 aliphatic heterocycles. The highest BCUT2D eigenvalue weighted by Crippen LogP contribution is 2.37. The summed E-state index contributed by atoms with van der Waals surface area (Å²) in [6.45, 7) is 1.03. The quantitative estimate of drug-likeness (QED) is 0.500. The first-order valence-electron chi connectivity index (χ1n) is 9.59. The van der Waals surface area contributed by atoms with E-state index in [1.807, 2.05) is 10.8 Å². The minimum absolute atomic E-state index is 0.0756. The summed E-state index contributed by atoms with van der Waals surface area (Å²) in [6, 6.07) is 1.44. The third-order valence-corrected chi connectivity index (χ3v) is 5.45. The summed E-state index contributed by atoms with van der Waals surface area (Å²) in [5, 5.41) is 2.76. The Balaban J connectivity index is 1.70. The van der Waals surface area contributed by atoms with Crippen LogP contribution in [0.5, 0.6) is 0 Å². The van der Waals surface area contributed by atoms with Crippen molar-refractivity contribution >= 4 is 22.3 Å². The van der Waals surface area contributed by atoms with Crippen molar-refractivity contribution in [3.63, 3.8) is 0 Å². The number of halogens is 2. The predicted octanol–water partition coefficient (Wildman–Crippen LogP) is 3.68. The molecular formula is C20H23F2N5O. The van der Waals surface area contributed by atoms with Crippen LogP contribution < -0.4 is 16.5 Å². The molecule has 0 atom stereocenters. The molecule has 1 aliphatic carbocycles. The van der Waals surface area contributed by atoms with E-state index in [4.69, 9.17) is 5.73 Å². The molecule has 1 aromatic carbocycles. The first-order chi connectivity index (χ1) is 13.6. The Labute approximate surface area is 161 Å². The van der Waals surface area contributed by atoms with E-state index in [9.17, 15) is 9.18 Å². The zero-order chi connectivity index (χ0) is 19.7. The molecule has 1 aliphatic rings. The molecule has 28 heavy (non-hydrogen) atoms. The third-order valence-electron chi connectivity index (χ3n) is 5.45. The molecule has 0 amide bonds. The largest absolute Gasteiger partial charge is 0.396 e. The lowest BCUT2D eigenvalue weighted by atomic mass is 10.1. The second-order valence-electron chi connectivity index (χ2n) is 7.25. The SMILES string of the molecule is Nc1c(F)c(NCCCn2ccnc2)c(F)c2c1c(=O)ccn2C1CCCC1. The number of hydrogen-bond donors (Lipinski definition) is 2. The highest BCUT2D eigenvalue weighted by atomic mass is 19.1. The summed E-state index contributed by atoms with van der Waals surface area (Å²) in [7, 11) is 0. The number of nitrogens with one attached hydrogen (secondary N) is 1. The number of nitrogens with two attached hydrogens (primary N) is 1. The number of imidazole rings is 1. The maximum atomic E-state index is 15.4. The maximum Gasteiger partial charge on any atom is 0.191 e. The van der Waals surface area contributed by atoms with E-state index < -0.39 is 17.1 Å². The number of benzene rings is 1. The van der Waals surface area contributed by atoms with E-state index in [0.717, 1.165) is 25.7 Å². The van der Waals surface area contributed by atoms with Crippen molar-refractivity contribution in [2.45, 2.75) is 44.7 Å². The highest BCUT2D eigenvalue weighted by Gasteiger charge is 2.25. The van der Waals surface area contributed by atoms with Gasteiger partial charge in [0.2, 0.25) is 0 Å². The zero-order valence-corrected chi connectivity index (χ0v) is 15.5. The van der Waals surface area contributed by atoms with Crippen LogP contribution in [0.15, 0.2) is 35.8 Å². The van der Waals surface area contributed by atoms with Gasteiger partial charge < -0.3 is 20.2 Å². The van der Waals surface area contributed by atoms with E-state index in [1.165, 1.54) is 6.07 Å². The minimum Gasteiger partial charge on any atom is -0.396 e. The minimum atomic E-state index is -0.908. The van der Waals surface area contributed by atoms with Crippen LogP contribution >= 0.6 is 0 Å². The number of pyridine rings is 1. The van der Waals surface area contributed by atoms with Crippen LogP contribution in [0.4, 0.5) is 20.2 Å². The van der Waals surface area contributed by atoms with Crippen molar-refractivity contribution in [3.05, 3.63) is 52.8 Å². The second kappa shape index (κ2) is 7.61. The van der Waals surface area contributed by atoms with E-state index >= 15 is 4.39 Å². The van der Waals surface area contributed by atoms with Gasteiger partial charge in [0, 0.05) is 43.8 Å². The number of rotatable bonds is 6. The summed E-state index contributed by atoms with van der Waals surface area (Å²) in [4.78, 5) is 16.3. The van der Waals surface area contributed by atoms with Crippen LogP contribution in [0.25, 0.3) is 10.9 Å². The summed E-state index contributed by atoms with van der Waals surface area (Å²) >= 11 is 0. The molecule has 6 nitrogen and oxygen atoms in total. The van der Waals surface area contributed by atoms with E-state index in [0.29, 0.717) is 19.5 Å². The Morgan fingerprint density at radius 3 is 2.71 bits per heavy atom. The van der Waals surface area contributed by atoms with Gasteiger partial charge in [-0.2, -0.15) is 0 Å². The lowest BCUT2D eigenvalue weighted by Gasteiger charge is -2.21. The first-order valence-corrected chi connectivity index (χ1v) is 9.59. The average Bonchev–Trinajstić information content (AvgIpc) is 3.39. The fourth-order valence-electron chi connectivity index (χ4n) is 4.03. The van der Waals surface area contributed by atoms with E-state index in [1.54, 1.807) is 23.3 Å². The lowest BCUT2D eigenvalue weighted by Crippen LogP contribution is -2.18. The molecule has 0 bridgehead atoms. The molecule has 2 heterocycles. The Hall–Kier alpha value is -2.90. The molecule has 148 valence electrons. The fraction of sp³-hybridized carbons (Fsp3) is 0.400. The van der Waals surface area contributed by atoms with Crippen LogP contribution in [0.1, 0.15) is 38.1 Å². The van der Waals surface area contributed by atoms with Crippen molar-refractivity contribution < 1.29 is 8.78 Å². The summed E-state index contributed by atoms with van der Waals surface area (Å²) < 4.78 is 33.8. The molecule has 8 heteroatoms. The maximum absolute atomic E-state index is 15.4. The van der Waals surface area contributed by atoms with Gasteiger partial charge in [0.15, 0.2) is 17.1 Å². The molecular weight excluding hydrogens is 364 g/mol. The molecule has 1 saturated carbocycles. The van der Waals surface area contributed by atoms with Crippen LogP contribution in [-0.2, 0) is 6.54 Å². The van der Waals surface area contributed by atoms with Crippen LogP contribution in [0.3, 0.4) is 0 Å². The predicted molar refractivity (Wildman–Crippen MR) is 105 cm³/mol. The second-order valence-corrected chi connectivity index (χ2v) is 7.25. The fourth-order valence-corrected chi connectivity index (χ4v) is 4.03. The first kappa shape index (κ1) is 18.5. The van der Waals surface area contributed by atoms with Gasteiger partial charge in [-0.25, -0.2) is 13.8 Å². The monoisotopic (exact) mass is 387 g/mol. The van der Waals surface area contributed by atoms with Gasteiger partial charge in [-0.3, -0.25) is 4.79 Å². The number of fused-ring (bicyclic) bond motifs is 1. The number of anilines is 2. The molecule has 1 fully saturated rings. The van der Waals surface area contributed by atoms with Crippen molar-refractivity contribution in [1.29, 1.82) is 0 Å². The smallest absolute Gasteiger partial charge is 0.191 e. The summed E-state index contributed by atoms with van der Waals surface area (Å²) in [5.74, 6) is -1.66. The van der Waals surface area contributed by atoms with Crippen LogP contribution in [0, 0.1) is 11.6 Å². The van der Waals surface area contributed by atoms with Gasteiger partial charge in [-0.05, 0) is 19.3 Å². The van der Waals surface area contributed by atoms with Gasteiger partial charge >= 0.3 is 0 Å². The van der Waals surface area contributed by atoms with Gasteiger partial charge in [-0.15, -0.1) is 0 Å². The van der Waals surface area contributed by atoms with Gasteiger partial charge in [0.25, 0.3) is 0 Å². The number of nitrogens with zero attached hydrogens (tertiary/aromatic N) is 3. The standard InChI is InChI=1S/C20H23F2N5O/c21-16-18(23)15-14(28)6-10-27(13-4-1-2-5-13)20(15)17(22)19(16)25-7-3-9-26-11-8-24-12-26/h6,8,10-13,25H,1-5,7,9,23H2. The van der Waals surface area contributed by atoms with Crippen LogP contribution in [-0.4, -0.2) is 20.7 Å². The van der Waals surface area contributed by atoms with E-state index in [-0.39, 0.29) is 28.3 Å². The van der Waals surface area contributed by atoms with Crippen molar-refractivity contribution in [2.75, 3.05) is 17.6 Å². The van der Waals surface area contributed by atoms with Gasteiger partial charge in [0.1, 0.15) is 5.69 Å². The number of aryl methyl sites for hydroxylation is 1. The number of nitrogen functional groups attached to an aromatic ring is 1. The molecule has 0 unspecified atom stereocenters. The van der Waals surface area contributed by atoms with Crippen molar-refractivity contribution in [3.8, 4) is 0 Å². The normalized spacial score (nSPS) is 14.8. The van der Waals surface area contributed by atoms with Crippen molar-refractivity contribution in [1.82, 2.24) is 14.1 Å². The molecule has 0 radical (unpaired) electrons. The van der Waals surface area contributed by atoms with Gasteiger partial charge in [0.05, 0.1) is 22.9 Å². The third kappa shape index (κ3) is 3.23. The number of hydrogen-bond acceptors (Lipinski definition) is 4.